The van der Waals surface area contributed by atoms with Crippen LogP contribution in [0.15, 0.2) is 42.5 Å². The van der Waals surface area contributed by atoms with Crippen molar-refractivity contribution in [3.05, 3.63) is 58.1 Å². The highest BCUT2D eigenvalue weighted by Gasteiger charge is 2.13. The molecule has 0 aliphatic rings. The van der Waals surface area contributed by atoms with E-state index in [0.717, 1.165) is 12.8 Å². The Labute approximate surface area is 151 Å². The molecule has 0 bridgehead atoms. The zero-order chi connectivity index (χ0) is 17.5. The van der Waals surface area contributed by atoms with Crippen LogP contribution in [0.4, 0.5) is 11.4 Å². The number of nitrogens with one attached hydrogen (secondary N) is 2. The minimum atomic E-state index is -0.364. The van der Waals surface area contributed by atoms with Gasteiger partial charge in [0.05, 0.1) is 15.6 Å². The maximum atomic E-state index is 12.3. The Balaban J connectivity index is 2.07. The van der Waals surface area contributed by atoms with Gasteiger partial charge in [-0.3, -0.25) is 9.59 Å². The Morgan fingerprint density at radius 3 is 2.38 bits per heavy atom. The summed E-state index contributed by atoms with van der Waals surface area (Å²) in [7, 11) is 0. The number of amides is 2. The molecule has 0 spiro atoms. The number of carbonyl (C=O) groups is 2. The minimum Gasteiger partial charge on any atom is -0.326 e. The van der Waals surface area contributed by atoms with E-state index in [-0.39, 0.29) is 16.8 Å². The predicted octanol–water partition coefficient (Wildman–Crippen LogP) is 5.37. The van der Waals surface area contributed by atoms with Gasteiger partial charge in [0.1, 0.15) is 0 Å². The second kappa shape index (κ2) is 8.71. The summed E-state index contributed by atoms with van der Waals surface area (Å²) < 4.78 is 0. The lowest BCUT2D eigenvalue weighted by Crippen LogP contribution is -2.14. The van der Waals surface area contributed by atoms with Crippen LogP contribution in [0.5, 0.6) is 0 Å². The number of hydrogen-bond acceptors (Lipinski definition) is 2. The van der Waals surface area contributed by atoms with Crippen LogP contribution >= 0.6 is 23.2 Å². The number of unbranched alkanes of at least 4 members (excludes halogenated alkanes) is 1. The lowest BCUT2D eigenvalue weighted by molar-refractivity contribution is -0.116. The molecule has 0 aromatic heterocycles. The first-order valence-electron chi connectivity index (χ1n) is 7.66. The van der Waals surface area contributed by atoms with Crippen molar-refractivity contribution in [2.75, 3.05) is 10.6 Å². The van der Waals surface area contributed by atoms with E-state index in [4.69, 9.17) is 23.2 Å². The molecule has 24 heavy (non-hydrogen) atoms. The maximum absolute atomic E-state index is 12.3. The molecule has 4 nitrogen and oxygen atoms in total. The van der Waals surface area contributed by atoms with E-state index in [1.807, 2.05) is 6.92 Å². The third-order valence-corrected chi connectivity index (χ3v) is 4.18. The van der Waals surface area contributed by atoms with E-state index in [9.17, 15) is 9.59 Å². The lowest BCUT2D eigenvalue weighted by Gasteiger charge is -2.10. The van der Waals surface area contributed by atoms with Crippen LogP contribution in [0.1, 0.15) is 36.5 Å². The highest BCUT2D eigenvalue weighted by Crippen LogP contribution is 2.26. The number of hydrogen-bond donors (Lipinski definition) is 2. The molecule has 2 aromatic carbocycles. The molecule has 2 N–H and O–H groups in total. The summed E-state index contributed by atoms with van der Waals surface area (Å²) in [4.78, 5) is 24.1. The summed E-state index contributed by atoms with van der Waals surface area (Å²) in [5, 5.41) is 6.09. The van der Waals surface area contributed by atoms with E-state index < -0.39 is 0 Å². The van der Waals surface area contributed by atoms with Gasteiger partial charge in [-0.1, -0.05) is 48.7 Å². The summed E-state index contributed by atoms with van der Waals surface area (Å²) >= 11 is 12.0. The average molecular weight is 365 g/mol. The van der Waals surface area contributed by atoms with Gasteiger partial charge in [0.2, 0.25) is 5.91 Å². The SMILES string of the molecule is CCCCC(=O)Nc1cccc(NC(=O)c2cccc(Cl)c2Cl)c1. The molecule has 2 aromatic rings. The van der Waals surface area contributed by atoms with Crippen LogP contribution in [-0.4, -0.2) is 11.8 Å². The van der Waals surface area contributed by atoms with Gasteiger partial charge in [-0.05, 0) is 36.8 Å². The molecule has 0 radical (unpaired) electrons. The van der Waals surface area contributed by atoms with Gasteiger partial charge in [-0.2, -0.15) is 0 Å². The zero-order valence-electron chi connectivity index (χ0n) is 13.2. The second-order valence-corrected chi connectivity index (χ2v) is 6.07. The fraction of sp³-hybridized carbons (Fsp3) is 0.222. The standard InChI is InChI=1S/C18H18Cl2N2O2/c1-2-3-10-16(23)21-12-6-4-7-13(11-12)22-18(24)14-8-5-9-15(19)17(14)20/h4-9,11H,2-3,10H2,1H3,(H,21,23)(H,22,24). The predicted molar refractivity (Wildman–Crippen MR) is 99.0 cm³/mol. The summed E-state index contributed by atoms with van der Waals surface area (Å²) in [5.41, 5.74) is 1.48. The van der Waals surface area contributed by atoms with E-state index in [1.54, 1.807) is 42.5 Å². The normalized spacial score (nSPS) is 10.3. The summed E-state index contributed by atoms with van der Waals surface area (Å²) in [6.45, 7) is 2.03. The number of benzene rings is 2. The van der Waals surface area contributed by atoms with Crippen molar-refractivity contribution in [1.82, 2.24) is 0 Å². The smallest absolute Gasteiger partial charge is 0.257 e. The van der Waals surface area contributed by atoms with Gasteiger partial charge in [0.15, 0.2) is 0 Å². The molecule has 0 saturated heterocycles. The highest BCUT2D eigenvalue weighted by atomic mass is 35.5. The Hall–Kier alpha value is -2.04. The molecule has 0 heterocycles. The third kappa shape index (κ3) is 4.98. The zero-order valence-corrected chi connectivity index (χ0v) is 14.7. The Kier molecular flexibility index (Phi) is 6.64. The monoisotopic (exact) mass is 364 g/mol. The third-order valence-electron chi connectivity index (χ3n) is 3.36. The van der Waals surface area contributed by atoms with Gasteiger partial charge < -0.3 is 10.6 Å². The van der Waals surface area contributed by atoms with Crippen LogP contribution < -0.4 is 10.6 Å². The van der Waals surface area contributed by atoms with Crippen molar-refractivity contribution >= 4 is 46.4 Å². The van der Waals surface area contributed by atoms with Gasteiger partial charge in [-0.25, -0.2) is 0 Å². The van der Waals surface area contributed by atoms with E-state index in [1.165, 1.54) is 0 Å². The van der Waals surface area contributed by atoms with Crippen LogP contribution in [0.25, 0.3) is 0 Å². The first-order chi connectivity index (χ1) is 11.5. The Morgan fingerprint density at radius 1 is 1.00 bits per heavy atom. The topological polar surface area (TPSA) is 58.2 Å². The summed E-state index contributed by atoms with van der Waals surface area (Å²) in [6.07, 6.45) is 2.28. The van der Waals surface area contributed by atoms with Crippen LogP contribution in [0.3, 0.4) is 0 Å². The first kappa shape index (κ1) is 18.3. The highest BCUT2D eigenvalue weighted by molar-refractivity contribution is 6.44. The lowest BCUT2D eigenvalue weighted by atomic mass is 10.2. The fourth-order valence-electron chi connectivity index (χ4n) is 2.11. The van der Waals surface area contributed by atoms with E-state index in [0.29, 0.717) is 28.4 Å². The van der Waals surface area contributed by atoms with Gasteiger partial charge in [-0.15, -0.1) is 0 Å². The van der Waals surface area contributed by atoms with Crippen molar-refractivity contribution in [2.24, 2.45) is 0 Å². The van der Waals surface area contributed by atoms with Gasteiger partial charge in [0.25, 0.3) is 5.91 Å². The van der Waals surface area contributed by atoms with Crippen molar-refractivity contribution in [3.63, 3.8) is 0 Å². The second-order valence-electron chi connectivity index (χ2n) is 5.29. The van der Waals surface area contributed by atoms with E-state index in [2.05, 4.69) is 10.6 Å². The first-order valence-corrected chi connectivity index (χ1v) is 8.42. The quantitative estimate of drug-likeness (QED) is 0.723. The maximum Gasteiger partial charge on any atom is 0.257 e. The Bertz CT molecular complexity index is 748. The number of anilines is 2. The van der Waals surface area contributed by atoms with Gasteiger partial charge in [0, 0.05) is 17.8 Å². The number of rotatable bonds is 6. The van der Waals surface area contributed by atoms with Crippen molar-refractivity contribution in [2.45, 2.75) is 26.2 Å². The average Bonchev–Trinajstić information content (AvgIpc) is 2.55. The number of halogens is 2. The van der Waals surface area contributed by atoms with Gasteiger partial charge >= 0.3 is 0 Å². The minimum absolute atomic E-state index is 0.0433. The summed E-state index contributed by atoms with van der Waals surface area (Å²) in [5.74, 6) is -0.407. The van der Waals surface area contributed by atoms with Crippen molar-refractivity contribution < 1.29 is 9.59 Å². The molecule has 2 rings (SSSR count). The Morgan fingerprint density at radius 2 is 1.67 bits per heavy atom. The van der Waals surface area contributed by atoms with Crippen molar-refractivity contribution in [1.29, 1.82) is 0 Å². The molecule has 0 aliphatic carbocycles. The summed E-state index contributed by atoms with van der Waals surface area (Å²) in [6, 6.07) is 11.8. The molecule has 126 valence electrons. The van der Waals surface area contributed by atoms with E-state index >= 15 is 0 Å². The number of carbonyl (C=O) groups excluding carboxylic acids is 2. The molecule has 2 amide bonds. The molecule has 0 unspecified atom stereocenters. The fourth-order valence-corrected chi connectivity index (χ4v) is 2.50. The van der Waals surface area contributed by atoms with Crippen LogP contribution in [-0.2, 0) is 4.79 Å². The van der Waals surface area contributed by atoms with Crippen LogP contribution in [0.2, 0.25) is 10.0 Å². The molecular weight excluding hydrogens is 347 g/mol. The molecule has 0 fully saturated rings. The molecule has 0 aliphatic heterocycles. The van der Waals surface area contributed by atoms with Crippen molar-refractivity contribution in [3.8, 4) is 0 Å². The molecule has 6 heteroatoms. The largest absolute Gasteiger partial charge is 0.326 e. The molecule has 0 saturated carbocycles. The van der Waals surface area contributed by atoms with Crippen LogP contribution in [0, 0.1) is 0 Å². The molecule has 0 atom stereocenters. The molecular formula is C18H18Cl2N2O2.